The highest BCUT2D eigenvalue weighted by Crippen LogP contribution is 2.40. The molecule has 0 bridgehead atoms. The third-order valence-electron chi connectivity index (χ3n) is 1.84. The topological polar surface area (TPSA) is 23.8 Å². The summed E-state index contributed by atoms with van der Waals surface area (Å²) in [6.45, 7) is 0. The molecule has 0 saturated carbocycles. The van der Waals surface area contributed by atoms with E-state index in [9.17, 15) is 13.2 Å². The van der Waals surface area contributed by atoms with Gasteiger partial charge in [0.2, 0.25) is 0 Å². The van der Waals surface area contributed by atoms with Crippen molar-refractivity contribution in [1.82, 2.24) is 0 Å². The second-order valence-electron chi connectivity index (χ2n) is 2.94. The quantitative estimate of drug-likeness (QED) is 0.746. The molecule has 0 unspecified atom stereocenters. The zero-order valence-corrected chi connectivity index (χ0v) is 9.34. The van der Waals surface area contributed by atoms with Crippen molar-refractivity contribution in [2.45, 2.75) is 6.18 Å². The van der Waals surface area contributed by atoms with E-state index in [4.69, 9.17) is 5.26 Å². The van der Waals surface area contributed by atoms with Gasteiger partial charge in [0.05, 0.1) is 0 Å². The number of hydrogen-bond acceptors (Lipinski definition) is 3. The van der Waals surface area contributed by atoms with Crippen LogP contribution in [-0.2, 0) is 6.18 Å². The first-order valence-corrected chi connectivity index (χ1v) is 5.81. The Morgan fingerprint density at radius 1 is 1.00 bits per heavy atom. The van der Waals surface area contributed by atoms with Crippen molar-refractivity contribution in [3.05, 3.63) is 34.0 Å². The first-order valence-electron chi connectivity index (χ1n) is 4.18. The van der Waals surface area contributed by atoms with Crippen LogP contribution in [0.1, 0.15) is 9.75 Å². The molecule has 6 heteroatoms. The van der Waals surface area contributed by atoms with Crippen LogP contribution in [-0.4, -0.2) is 0 Å². The minimum absolute atomic E-state index is 0.497. The molecule has 0 aliphatic heterocycles. The summed E-state index contributed by atoms with van der Waals surface area (Å²) in [5.74, 6) is 0. The van der Waals surface area contributed by atoms with Crippen molar-refractivity contribution in [2.75, 3.05) is 0 Å². The first-order chi connectivity index (χ1) is 7.50. The first kappa shape index (κ1) is 11.2. The maximum absolute atomic E-state index is 12.3. The number of halogens is 3. The van der Waals surface area contributed by atoms with Crippen molar-refractivity contribution in [3.8, 4) is 15.8 Å². The molecule has 1 nitrogen and oxygen atoms in total. The number of alkyl halides is 3. The Hall–Kier alpha value is -1.32. The lowest BCUT2D eigenvalue weighted by molar-refractivity contribution is -0.134. The van der Waals surface area contributed by atoms with Crippen molar-refractivity contribution in [3.63, 3.8) is 0 Å². The molecule has 0 amide bonds. The lowest BCUT2D eigenvalue weighted by Gasteiger charge is -2.00. The van der Waals surface area contributed by atoms with Gasteiger partial charge in [0, 0.05) is 9.75 Å². The maximum Gasteiger partial charge on any atom is 0.425 e. The van der Waals surface area contributed by atoms with E-state index in [1.807, 2.05) is 6.07 Å². The van der Waals surface area contributed by atoms with E-state index < -0.39 is 11.1 Å². The summed E-state index contributed by atoms with van der Waals surface area (Å²) in [7, 11) is 0. The van der Waals surface area contributed by atoms with Crippen molar-refractivity contribution in [1.29, 1.82) is 5.26 Å². The number of nitrogens with zero attached hydrogens (tertiary/aromatic N) is 1. The smallest absolute Gasteiger partial charge is 0.192 e. The molecule has 0 aliphatic rings. The minimum Gasteiger partial charge on any atom is -0.192 e. The predicted octanol–water partition coefficient (Wildman–Crippen LogP) is 4.37. The van der Waals surface area contributed by atoms with E-state index in [1.54, 1.807) is 12.1 Å². The molecule has 0 saturated heterocycles. The van der Waals surface area contributed by atoms with Crippen LogP contribution in [0.5, 0.6) is 0 Å². The van der Waals surface area contributed by atoms with E-state index in [2.05, 4.69) is 0 Å². The highest BCUT2D eigenvalue weighted by molar-refractivity contribution is 7.22. The fourth-order valence-electron chi connectivity index (χ4n) is 1.15. The van der Waals surface area contributed by atoms with Crippen LogP contribution in [0.3, 0.4) is 0 Å². The zero-order chi connectivity index (χ0) is 11.8. The Kier molecular flexibility index (Phi) is 2.74. The molecule has 2 aromatic rings. The van der Waals surface area contributed by atoms with Gasteiger partial charge in [-0.1, -0.05) is 0 Å². The summed E-state index contributed by atoms with van der Waals surface area (Å²) in [6, 6.07) is 7.71. The van der Waals surface area contributed by atoms with Crippen molar-refractivity contribution >= 4 is 22.7 Å². The van der Waals surface area contributed by atoms with E-state index in [-0.39, 0.29) is 0 Å². The maximum atomic E-state index is 12.3. The van der Waals surface area contributed by atoms with E-state index in [0.717, 1.165) is 6.07 Å². The van der Waals surface area contributed by atoms with E-state index in [1.165, 1.54) is 17.4 Å². The molecule has 2 aromatic heterocycles. The Bertz CT molecular complexity index is 545. The monoisotopic (exact) mass is 259 g/mol. The Morgan fingerprint density at radius 2 is 1.62 bits per heavy atom. The largest absolute Gasteiger partial charge is 0.425 e. The lowest BCUT2D eigenvalue weighted by atomic mass is 10.3. The van der Waals surface area contributed by atoms with Crippen LogP contribution in [0.25, 0.3) is 9.75 Å². The van der Waals surface area contributed by atoms with Gasteiger partial charge >= 0.3 is 6.18 Å². The van der Waals surface area contributed by atoms with Crippen LogP contribution in [0.4, 0.5) is 13.2 Å². The van der Waals surface area contributed by atoms with E-state index in [0.29, 0.717) is 26.0 Å². The molecule has 0 spiro atoms. The molecule has 0 aliphatic carbocycles. The molecule has 0 N–H and O–H groups in total. The van der Waals surface area contributed by atoms with Crippen LogP contribution in [0, 0.1) is 11.3 Å². The van der Waals surface area contributed by atoms with Crippen LogP contribution >= 0.6 is 22.7 Å². The number of thiophene rings is 2. The summed E-state index contributed by atoms with van der Waals surface area (Å²) in [5, 5.41) is 8.62. The van der Waals surface area contributed by atoms with Crippen molar-refractivity contribution < 1.29 is 13.2 Å². The Balaban J connectivity index is 2.36. The van der Waals surface area contributed by atoms with E-state index >= 15 is 0 Å². The van der Waals surface area contributed by atoms with Gasteiger partial charge in [0.15, 0.2) is 0 Å². The molecular formula is C10H4F3NS2. The van der Waals surface area contributed by atoms with Gasteiger partial charge in [-0.25, -0.2) is 0 Å². The normalized spacial score (nSPS) is 11.4. The van der Waals surface area contributed by atoms with Gasteiger partial charge in [-0.2, -0.15) is 18.4 Å². The number of rotatable bonds is 1. The highest BCUT2D eigenvalue weighted by Gasteiger charge is 2.32. The number of nitriles is 1. The standard InChI is InChI=1S/C10H4F3NS2/c11-10(12,13)9-4-3-8(16-9)7-2-1-6(5-14)15-7/h1-4H. The molecule has 2 rings (SSSR count). The average Bonchev–Trinajstić information content (AvgIpc) is 2.85. The van der Waals surface area contributed by atoms with Crippen molar-refractivity contribution in [2.24, 2.45) is 0 Å². The molecule has 0 atom stereocenters. The second kappa shape index (κ2) is 3.92. The molecule has 2 heterocycles. The summed E-state index contributed by atoms with van der Waals surface area (Å²) in [6.07, 6.45) is -4.29. The molecule has 16 heavy (non-hydrogen) atoms. The van der Waals surface area contributed by atoms with Gasteiger partial charge in [-0.05, 0) is 24.3 Å². The third kappa shape index (κ3) is 2.10. The fraction of sp³-hybridized carbons (Fsp3) is 0.100. The molecule has 0 aromatic carbocycles. The third-order valence-corrected chi connectivity index (χ3v) is 4.16. The second-order valence-corrected chi connectivity index (χ2v) is 5.10. The zero-order valence-electron chi connectivity index (χ0n) is 7.71. The van der Waals surface area contributed by atoms with Crippen LogP contribution in [0.15, 0.2) is 24.3 Å². The SMILES string of the molecule is N#Cc1ccc(-c2ccc(C(F)(F)F)s2)s1. The van der Waals surface area contributed by atoms with Gasteiger partial charge in [-0.15, -0.1) is 22.7 Å². The average molecular weight is 259 g/mol. The summed E-state index contributed by atoms with van der Waals surface area (Å²) < 4.78 is 37.0. The van der Waals surface area contributed by atoms with Crippen LogP contribution < -0.4 is 0 Å². The summed E-state index contributed by atoms with van der Waals surface area (Å²) in [5.41, 5.74) is 0. The summed E-state index contributed by atoms with van der Waals surface area (Å²) in [4.78, 5) is 1.11. The predicted molar refractivity (Wildman–Crippen MR) is 57.3 cm³/mol. The number of hydrogen-bond donors (Lipinski definition) is 0. The summed E-state index contributed by atoms with van der Waals surface area (Å²) >= 11 is 1.88. The molecule has 0 radical (unpaired) electrons. The Morgan fingerprint density at radius 3 is 2.12 bits per heavy atom. The Labute approximate surface area is 97.4 Å². The molecule has 0 fully saturated rings. The molecular weight excluding hydrogens is 255 g/mol. The fourth-order valence-corrected chi connectivity index (χ4v) is 2.92. The molecule has 82 valence electrons. The van der Waals surface area contributed by atoms with Gasteiger partial charge < -0.3 is 0 Å². The van der Waals surface area contributed by atoms with Gasteiger partial charge in [-0.3, -0.25) is 0 Å². The lowest BCUT2D eigenvalue weighted by Crippen LogP contribution is -2.00. The van der Waals surface area contributed by atoms with Crippen LogP contribution in [0.2, 0.25) is 0 Å². The van der Waals surface area contributed by atoms with Gasteiger partial charge in [0.25, 0.3) is 0 Å². The van der Waals surface area contributed by atoms with Gasteiger partial charge in [0.1, 0.15) is 15.8 Å². The minimum atomic E-state index is -4.29. The highest BCUT2D eigenvalue weighted by atomic mass is 32.1.